The van der Waals surface area contributed by atoms with E-state index in [1.807, 2.05) is 26.0 Å². The van der Waals surface area contributed by atoms with Crippen molar-refractivity contribution in [1.82, 2.24) is 19.9 Å². The number of fused-ring (bicyclic) bond motifs is 5. The van der Waals surface area contributed by atoms with E-state index in [1.165, 1.54) is 12.4 Å². The van der Waals surface area contributed by atoms with Gasteiger partial charge in [0.25, 0.3) is 5.95 Å². The Kier molecular flexibility index (Phi) is 6.04. The SMILES string of the molecule is Cc1cc2cc(n1)-c1ncnc(n1)N2Nc1cc(NC(=O)Nc2ccc(Cl)c(C(F)(F)F)c2)ccc1C. The molecular formula is C24H18ClF3N8O. The molecule has 2 amide bonds. The van der Waals surface area contributed by atoms with E-state index >= 15 is 0 Å². The number of hydrogen-bond donors (Lipinski definition) is 3. The predicted octanol–water partition coefficient (Wildman–Crippen LogP) is 6.35. The predicted molar refractivity (Wildman–Crippen MR) is 134 cm³/mol. The zero-order chi connectivity index (χ0) is 26.3. The van der Waals surface area contributed by atoms with Crippen molar-refractivity contribution in [2.45, 2.75) is 20.0 Å². The maximum Gasteiger partial charge on any atom is 0.417 e. The molecule has 0 atom stereocenters. The zero-order valence-electron chi connectivity index (χ0n) is 19.4. The summed E-state index contributed by atoms with van der Waals surface area (Å²) in [6.45, 7) is 3.73. The highest BCUT2D eigenvalue weighted by Crippen LogP contribution is 2.36. The van der Waals surface area contributed by atoms with Crippen LogP contribution in [-0.2, 0) is 6.18 Å². The molecule has 0 saturated heterocycles. The van der Waals surface area contributed by atoms with E-state index in [4.69, 9.17) is 11.6 Å². The third kappa shape index (κ3) is 5.09. The zero-order valence-corrected chi connectivity index (χ0v) is 20.1. The van der Waals surface area contributed by atoms with Crippen LogP contribution in [-0.4, -0.2) is 26.0 Å². The van der Waals surface area contributed by atoms with Gasteiger partial charge in [0.1, 0.15) is 12.0 Å². The van der Waals surface area contributed by atoms with E-state index in [9.17, 15) is 18.0 Å². The molecule has 9 nitrogen and oxygen atoms in total. The summed E-state index contributed by atoms with van der Waals surface area (Å²) >= 11 is 5.65. The summed E-state index contributed by atoms with van der Waals surface area (Å²) in [6, 6.07) is 11.2. The van der Waals surface area contributed by atoms with Gasteiger partial charge in [-0.25, -0.2) is 19.8 Å². The van der Waals surface area contributed by atoms with Gasteiger partial charge in [-0.1, -0.05) is 17.7 Å². The van der Waals surface area contributed by atoms with Gasteiger partial charge in [0.05, 0.1) is 22.0 Å². The fraction of sp³-hybridized carbons (Fsp3) is 0.125. The number of hydrazine groups is 1. The highest BCUT2D eigenvalue weighted by Gasteiger charge is 2.33. The van der Waals surface area contributed by atoms with Crippen LogP contribution in [0.4, 0.5) is 46.7 Å². The van der Waals surface area contributed by atoms with Crippen molar-refractivity contribution in [3.8, 4) is 11.5 Å². The number of benzene rings is 2. The number of carbonyl (C=O) groups is 1. The summed E-state index contributed by atoms with van der Waals surface area (Å²) in [6.07, 6.45) is -3.25. The maximum absolute atomic E-state index is 13.1. The van der Waals surface area contributed by atoms with Crippen LogP contribution in [0.25, 0.3) is 11.5 Å². The molecule has 0 spiro atoms. The maximum atomic E-state index is 13.1. The first-order valence-electron chi connectivity index (χ1n) is 10.9. The second-order valence-corrected chi connectivity index (χ2v) is 8.62. The Labute approximate surface area is 213 Å². The number of carbonyl (C=O) groups excluding carboxylic acids is 1. The average molecular weight is 527 g/mol. The van der Waals surface area contributed by atoms with Crippen LogP contribution in [0, 0.1) is 13.8 Å². The van der Waals surface area contributed by atoms with E-state index in [-0.39, 0.29) is 5.69 Å². The summed E-state index contributed by atoms with van der Waals surface area (Å²) in [5, 5.41) is 6.24. The standard InChI is InChI=1S/C24H18ClF3N8O/c1-12-3-4-15(33-23(37)32-14-5-6-18(25)17(8-14)24(26,27)28)9-19(12)35-36-16-7-13(2)31-20(10-16)21-29-11-30-22(36)34-21/h3-11,35H,1-2H3,(H2,32,33,37). The number of nitrogens with zero attached hydrogens (tertiary/aromatic N) is 5. The Morgan fingerprint density at radius 1 is 0.946 bits per heavy atom. The molecule has 3 N–H and O–H groups in total. The molecule has 5 rings (SSSR count). The summed E-state index contributed by atoms with van der Waals surface area (Å²) in [7, 11) is 0. The third-order valence-corrected chi connectivity index (χ3v) is 5.77. The first kappa shape index (κ1) is 24.3. The molecule has 4 aromatic rings. The first-order valence-corrected chi connectivity index (χ1v) is 11.2. The number of hydrogen-bond acceptors (Lipinski definition) is 7. The molecule has 13 heteroatoms. The number of pyridine rings is 1. The molecule has 2 aromatic carbocycles. The molecule has 0 aliphatic carbocycles. The van der Waals surface area contributed by atoms with Crippen molar-refractivity contribution in [3.05, 3.63) is 76.7 Å². The minimum Gasteiger partial charge on any atom is -0.308 e. The molecule has 3 heterocycles. The number of rotatable bonds is 4. The molecule has 1 aliphatic rings. The number of urea groups is 1. The monoisotopic (exact) mass is 526 g/mol. The number of nitrogens with one attached hydrogen (secondary N) is 3. The van der Waals surface area contributed by atoms with Gasteiger partial charge in [0.2, 0.25) is 0 Å². The topological polar surface area (TPSA) is 108 Å². The molecule has 188 valence electrons. The van der Waals surface area contributed by atoms with Gasteiger partial charge in [0, 0.05) is 17.1 Å². The number of alkyl halides is 3. The van der Waals surface area contributed by atoms with E-state index in [0.29, 0.717) is 28.8 Å². The van der Waals surface area contributed by atoms with Crippen molar-refractivity contribution in [1.29, 1.82) is 0 Å². The fourth-order valence-corrected chi connectivity index (χ4v) is 3.92. The number of aromatic nitrogens is 4. The van der Waals surface area contributed by atoms with Gasteiger partial charge >= 0.3 is 12.2 Å². The Balaban J connectivity index is 1.37. The van der Waals surface area contributed by atoms with E-state index < -0.39 is 22.8 Å². The van der Waals surface area contributed by atoms with Crippen LogP contribution >= 0.6 is 11.6 Å². The van der Waals surface area contributed by atoms with Crippen LogP contribution < -0.4 is 21.1 Å². The van der Waals surface area contributed by atoms with Gasteiger partial charge < -0.3 is 10.6 Å². The molecule has 0 radical (unpaired) electrons. The molecule has 37 heavy (non-hydrogen) atoms. The highest BCUT2D eigenvalue weighted by atomic mass is 35.5. The van der Waals surface area contributed by atoms with Crippen molar-refractivity contribution < 1.29 is 18.0 Å². The third-order valence-electron chi connectivity index (χ3n) is 5.44. The van der Waals surface area contributed by atoms with Crippen molar-refractivity contribution in [2.24, 2.45) is 0 Å². The van der Waals surface area contributed by atoms with Crippen LogP contribution in [0.2, 0.25) is 5.02 Å². The van der Waals surface area contributed by atoms with E-state index in [0.717, 1.165) is 29.1 Å². The molecule has 0 saturated carbocycles. The van der Waals surface area contributed by atoms with E-state index in [2.05, 4.69) is 36.0 Å². The molecule has 4 bridgehead atoms. The Bertz CT molecular complexity index is 1530. The smallest absolute Gasteiger partial charge is 0.308 e. The highest BCUT2D eigenvalue weighted by molar-refractivity contribution is 6.31. The Morgan fingerprint density at radius 2 is 1.68 bits per heavy atom. The number of anilines is 5. The van der Waals surface area contributed by atoms with Gasteiger partial charge in [-0.15, -0.1) is 0 Å². The van der Waals surface area contributed by atoms with Crippen molar-refractivity contribution in [3.63, 3.8) is 0 Å². The lowest BCUT2D eigenvalue weighted by Gasteiger charge is -2.24. The van der Waals surface area contributed by atoms with Crippen LogP contribution in [0.5, 0.6) is 0 Å². The van der Waals surface area contributed by atoms with Gasteiger partial charge in [-0.3, -0.25) is 5.43 Å². The summed E-state index contributed by atoms with van der Waals surface area (Å²) in [5.41, 5.74) is 6.17. The van der Waals surface area contributed by atoms with Crippen LogP contribution in [0.15, 0.2) is 54.9 Å². The van der Waals surface area contributed by atoms with Crippen LogP contribution in [0.1, 0.15) is 16.8 Å². The lowest BCUT2D eigenvalue weighted by atomic mass is 10.2. The number of halogens is 4. The molecule has 0 unspecified atom stereocenters. The minimum absolute atomic E-state index is 0.0567. The Hall–Kier alpha value is -4.45. The summed E-state index contributed by atoms with van der Waals surface area (Å²) in [4.78, 5) is 29.9. The second-order valence-electron chi connectivity index (χ2n) is 8.21. The fourth-order valence-electron chi connectivity index (χ4n) is 3.70. The normalized spacial score (nSPS) is 12.1. The van der Waals surface area contributed by atoms with Crippen LogP contribution in [0.3, 0.4) is 0 Å². The van der Waals surface area contributed by atoms with Crippen molar-refractivity contribution in [2.75, 3.05) is 21.1 Å². The first-order chi connectivity index (χ1) is 17.6. The lowest BCUT2D eigenvalue weighted by Crippen LogP contribution is -2.26. The van der Waals surface area contributed by atoms with Crippen molar-refractivity contribution >= 4 is 46.3 Å². The van der Waals surface area contributed by atoms with Gasteiger partial charge in [0.15, 0.2) is 5.82 Å². The molecular weight excluding hydrogens is 509 g/mol. The number of aryl methyl sites for hydroxylation is 2. The van der Waals surface area contributed by atoms with E-state index in [1.54, 1.807) is 23.2 Å². The minimum atomic E-state index is -4.65. The largest absolute Gasteiger partial charge is 0.417 e. The second kappa shape index (κ2) is 9.21. The Morgan fingerprint density at radius 3 is 2.43 bits per heavy atom. The van der Waals surface area contributed by atoms with Gasteiger partial charge in [-0.2, -0.15) is 23.1 Å². The quantitative estimate of drug-likeness (QED) is 0.284. The lowest BCUT2D eigenvalue weighted by molar-refractivity contribution is -0.137. The summed E-state index contributed by atoms with van der Waals surface area (Å²) in [5.74, 6) is 0.796. The molecule has 2 aromatic heterocycles. The van der Waals surface area contributed by atoms with Gasteiger partial charge in [-0.05, 0) is 61.9 Å². The molecule has 1 aliphatic heterocycles. The average Bonchev–Trinajstić information content (AvgIpc) is 2.90. The summed E-state index contributed by atoms with van der Waals surface area (Å²) < 4.78 is 39.4. The molecule has 0 fully saturated rings. The number of amides is 2.